The van der Waals surface area contributed by atoms with Crippen molar-refractivity contribution in [2.24, 2.45) is 4.99 Å². The van der Waals surface area contributed by atoms with Crippen LogP contribution in [0.2, 0.25) is 10.2 Å². The molecular weight excluding hydrogens is 345 g/mol. The van der Waals surface area contributed by atoms with Gasteiger partial charge in [-0.1, -0.05) is 35.3 Å². The number of halogens is 2. The van der Waals surface area contributed by atoms with Gasteiger partial charge in [-0.2, -0.15) is 10.4 Å². The Morgan fingerprint density at radius 1 is 1.25 bits per heavy atom. The highest BCUT2D eigenvalue weighted by atomic mass is 35.5. The molecule has 3 rings (SSSR count). The van der Waals surface area contributed by atoms with Crippen LogP contribution in [0.1, 0.15) is 22.4 Å². The summed E-state index contributed by atoms with van der Waals surface area (Å²) in [6.07, 6.45) is 3.65. The zero-order chi connectivity index (χ0) is 16.9. The summed E-state index contributed by atoms with van der Waals surface area (Å²) in [7, 11) is 0. The van der Waals surface area contributed by atoms with Crippen LogP contribution in [0.15, 0.2) is 47.6 Å². The minimum absolute atomic E-state index is 0.314. The molecule has 0 aliphatic heterocycles. The standard InChI is InChI=1S/C17H11Cl2N5/c18-13-5-1-3-11(7-13)8-15-14(9-20)17(24-23-15)22-10-12-4-2-6-21-16(12)19/h1-7,10H,8H2,(H,23,24). The van der Waals surface area contributed by atoms with Crippen LogP contribution >= 0.6 is 23.2 Å². The first-order chi connectivity index (χ1) is 11.7. The predicted molar refractivity (Wildman–Crippen MR) is 94.1 cm³/mol. The summed E-state index contributed by atoms with van der Waals surface area (Å²) in [5.74, 6) is 0.314. The van der Waals surface area contributed by atoms with Gasteiger partial charge in [-0.05, 0) is 29.8 Å². The van der Waals surface area contributed by atoms with Crippen LogP contribution in [0.5, 0.6) is 0 Å². The van der Waals surface area contributed by atoms with Crippen LogP contribution in [0.25, 0.3) is 0 Å². The van der Waals surface area contributed by atoms with Crippen molar-refractivity contribution >= 4 is 35.2 Å². The summed E-state index contributed by atoms with van der Waals surface area (Å²) in [6.45, 7) is 0. The largest absolute Gasteiger partial charge is 0.279 e. The molecule has 1 aromatic carbocycles. The molecule has 0 saturated carbocycles. The van der Waals surface area contributed by atoms with Crippen molar-refractivity contribution in [1.29, 1.82) is 5.26 Å². The van der Waals surface area contributed by atoms with Crippen LogP contribution in [-0.4, -0.2) is 21.4 Å². The first kappa shape index (κ1) is 16.2. The van der Waals surface area contributed by atoms with Gasteiger partial charge >= 0.3 is 0 Å². The number of nitrogens with one attached hydrogen (secondary N) is 1. The fourth-order valence-corrected chi connectivity index (χ4v) is 2.56. The fraction of sp³-hybridized carbons (Fsp3) is 0.0588. The number of nitrogens with zero attached hydrogens (tertiary/aromatic N) is 4. The van der Waals surface area contributed by atoms with Gasteiger partial charge in [0.05, 0.1) is 5.69 Å². The van der Waals surface area contributed by atoms with Gasteiger partial charge < -0.3 is 0 Å². The quantitative estimate of drug-likeness (QED) is 0.558. The van der Waals surface area contributed by atoms with E-state index in [2.05, 4.69) is 26.2 Å². The summed E-state index contributed by atoms with van der Waals surface area (Å²) in [5.41, 5.74) is 2.71. The van der Waals surface area contributed by atoms with Gasteiger partial charge in [-0.3, -0.25) is 5.10 Å². The van der Waals surface area contributed by atoms with Gasteiger partial charge in [0.25, 0.3) is 0 Å². The molecule has 7 heteroatoms. The van der Waals surface area contributed by atoms with E-state index in [0.29, 0.717) is 39.2 Å². The topological polar surface area (TPSA) is 77.7 Å². The lowest BCUT2D eigenvalue weighted by molar-refractivity contribution is 0.993. The predicted octanol–water partition coefficient (Wildman–Crippen LogP) is 4.32. The van der Waals surface area contributed by atoms with E-state index < -0.39 is 0 Å². The first-order valence-electron chi connectivity index (χ1n) is 7.03. The lowest BCUT2D eigenvalue weighted by Crippen LogP contribution is -1.91. The zero-order valence-corrected chi connectivity index (χ0v) is 13.9. The molecule has 0 amide bonds. The number of aliphatic imine (C=N–C) groups is 1. The van der Waals surface area contributed by atoms with Crippen LogP contribution in [0, 0.1) is 11.3 Å². The molecule has 0 aliphatic rings. The zero-order valence-electron chi connectivity index (χ0n) is 12.4. The molecule has 0 unspecified atom stereocenters. The molecule has 0 aliphatic carbocycles. The number of aromatic nitrogens is 3. The second-order valence-electron chi connectivity index (χ2n) is 4.96. The monoisotopic (exact) mass is 355 g/mol. The summed E-state index contributed by atoms with van der Waals surface area (Å²) >= 11 is 12.0. The third kappa shape index (κ3) is 3.62. The maximum Gasteiger partial charge on any atom is 0.191 e. The average Bonchev–Trinajstić information content (AvgIpc) is 2.96. The minimum Gasteiger partial charge on any atom is -0.279 e. The van der Waals surface area contributed by atoms with Crippen molar-refractivity contribution in [3.05, 3.63) is 75.2 Å². The Morgan fingerprint density at radius 3 is 2.88 bits per heavy atom. The van der Waals surface area contributed by atoms with Crippen molar-refractivity contribution in [2.45, 2.75) is 6.42 Å². The summed E-state index contributed by atoms with van der Waals surface area (Å²) < 4.78 is 0. The Labute approximate surface area is 148 Å². The highest BCUT2D eigenvalue weighted by Gasteiger charge is 2.13. The Kier molecular flexibility index (Phi) is 4.90. The third-order valence-corrected chi connectivity index (χ3v) is 3.87. The number of aromatic amines is 1. The smallest absolute Gasteiger partial charge is 0.191 e. The maximum atomic E-state index is 9.42. The normalized spacial score (nSPS) is 10.9. The number of benzene rings is 1. The van der Waals surface area contributed by atoms with Gasteiger partial charge in [0, 0.05) is 29.4 Å². The van der Waals surface area contributed by atoms with Crippen molar-refractivity contribution < 1.29 is 0 Å². The van der Waals surface area contributed by atoms with Crippen molar-refractivity contribution in [2.75, 3.05) is 0 Å². The average molecular weight is 356 g/mol. The van der Waals surface area contributed by atoms with Crippen molar-refractivity contribution in [3.8, 4) is 6.07 Å². The molecule has 2 heterocycles. The number of H-pyrrole nitrogens is 1. The van der Waals surface area contributed by atoms with Gasteiger partial charge in [-0.25, -0.2) is 9.98 Å². The second-order valence-corrected chi connectivity index (χ2v) is 5.76. The van der Waals surface area contributed by atoms with E-state index in [9.17, 15) is 5.26 Å². The van der Waals surface area contributed by atoms with Crippen molar-refractivity contribution in [3.63, 3.8) is 0 Å². The molecule has 0 spiro atoms. The minimum atomic E-state index is 0.314. The summed E-state index contributed by atoms with van der Waals surface area (Å²) in [6, 6.07) is 13.1. The van der Waals surface area contributed by atoms with Gasteiger partial charge in [-0.15, -0.1) is 0 Å². The van der Waals surface area contributed by atoms with Crippen LogP contribution in [0.4, 0.5) is 5.82 Å². The van der Waals surface area contributed by atoms with E-state index >= 15 is 0 Å². The maximum absolute atomic E-state index is 9.42. The molecular formula is C17H11Cl2N5. The van der Waals surface area contributed by atoms with Crippen molar-refractivity contribution in [1.82, 2.24) is 15.2 Å². The number of hydrogen-bond acceptors (Lipinski definition) is 4. The third-order valence-electron chi connectivity index (χ3n) is 3.32. The number of rotatable bonds is 4. The van der Waals surface area contributed by atoms with Gasteiger partial charge in [0.1, 0.15) is 16.8 Å². The SMILES string of the molecule is N#Cc1c(N=Cc2cccnc2Cl)n[nH]c1Cc1cccc(Cl)c1. The molecule has 1 N–H and O–H groups in total. The number of pyridine rings is 1. The highest BCUT2D eigenvalue weighted by molar-refractivity contribution is 6.31. The van der Waals surface area contributed by atoms with Crippen LogP contribution in [-0.2, 0) is 6.42 Å². The molecule has 0 fully saturated rings. The van der Waals surface area contributed by atoms with E-state index in [4.69, 9.17) is 23.2 Å². The Bertz CT molecular complexity index is 940. The molecule has 0 atom stereocenters. The molecule has 5 nitrogen and oxygen atoms in total. The fourth-order valence-electron chi connectivity index (χ4n) is 2.18. The molecule has 0 radical (unpaired) electrons. The molecule has 3 aromatic rings. The van der Waals surface area contributed by atoms with E-state index in [-0.39, 0.29) is 0 Å². The van der Waals surface area contributed by atoms with E-state index in [1.807, 2.05) is 18.2 Å². The van der Waals surface area contributed by atoms with E-state index in [1.54, 1.807) is 24.4 Å². The Hall–Kier alpha value is -2.68. The summed E-state index contributed by atoms with van der Waals surface area (Å²) in [4.78, 5) is 8.22. The molecule has 0 saturated heterocycles. The summed E-state index contributed by atoms with van der Waals surface area (Å²) in [5, 5.41) is 17.4. The molecule has 2 aromatic heterocycles. The first-order valence-corrected chi connectivity index (χ1v) is 7.79. The van der Waals surface area contributed by atoms with Crippen LogP contribution < -0.4 is 0 Å². The lowest BCUT2D eigenvalue weighted by atomic mass is 10.1. The van der Waals surface area contributed by atoms with E-state index in [0.717, 1.165) is 5.56 Å². The highest BCUT2D eigenvalue weighted by Crippen LogP contribution is 2.22. The van der Waals surface area contributed by atoms with E-state index in [1.165, 1.54) is 6.21 Å². The number of hydrogen-bond donors (Lipinski definition) is 1. The van der Waals surface area contributed by atoms with Gasteiger partial charge in [0.2, 0.25) is 0 Å². The molecule has 0 bridgehead atoms. The Balaban J connectivity index is 1.87. The second kappa shape index (κ2) is 7.26. The molecule has 118 valence electrons. The Morgan fingerprint density at radius 2 is 2.12 bits per heavy atom. The van der Waals surface area contributed by atoms with Gasteiger partial charge in [0.15, 0.2) is 5.82 Å². The van der Waals surface area contributed by atoms with Crippen LogP contribution in [0.3, 0.4) is 0 Å². The molecule has 24 heavy (non-hydrogen) atoms. The number of nitriles is 1. The lowest BCUT2D eigenvalue weighted by Gasteiger charge is -2.00.